The first-order chi connectivity index (χ1) is 11.8. The predicted octanol–water partition coefficient (Wildman–Crippen LogP) is 3.96. The van der Waals surface area contributed by atoms with Crippen molar-refractivity contribution in [3.8, 4) is 34.3 Å². The lowest BCUT2D eigenvalue weighted by Gasteiger charge is -2.05. The highest BCUT2D eigenvalue weighted by atomic mass is 32.1. The van der Waals surface area contributed by atoms with Crippen molar-refractivity contribution in [1.82, 2.24) is 20.2 Å². The van der Waals surface area contributed by atoms with Gasteiger partial charge in [-0.15, -0.1) is 10.2 Å². The van der Waals surface area contributed by atoms with Crippen LogP contribution >= 0.6 is 11.3 Å². The molecule has 4 rings (SSSR count). The molecule has 118 valence electrons. The molecule has 0 amide bonds. The number of rotatable bonds is 4. The van der Waals surface area contributed by atoms with Gasteiger partial charge in [0, 0.05) is 23.6 Å². The van der Waals surface area contributed by atoms with Gasteiger partial charge in [0.1, 0.15) is 0 Å². The van der Waals surface area contributed by atoms with Crippen molar-refractivity contribution < 1.29 is 4.42 Å². The molecule has 7 heteroatoms. The molecule has 0 spiro atoms. The minimum absolute atomic E-state index is 0.336. The molecule has 4 aromatic rings. The van der Waals surface area contributed by atoms with E-state index in [-0.39, 0.29) is 0 Å². The first-order valence-corrected chi connectivity index (χ1v) is 8.26. The Morgan fingerprint density at radius 3 is 2.58 bits per heavy atom. The van der Waals surface area contributed by atoms with E-state index in [2.05, 4.69) is 25.5 Å². The Labute approximate surface area is 142 Å². The number of nitrogens with one attached hydrogen (secondary N) is 1. The van der Waals surface area contributed by atoms with E-state index < -0.39 is 0 Å². The fourth-order valence-electron chi connectivity index (χ4n) is 2.29. The lowest BCUT2D eigenvalue weighted by atomic mass is 10.2. The number of thiophene rings is 1. The predicted molar refractivity (Wildman–Crippen MR) is 93.6 cm³/mol. The standard InChI is InChI=1S/C17H13N5OS/c1-18-15-14(20-13(9-19-15)12-7-8-24-10-12)17-22-21-16(23-17)11-5-3-2-4-6-11/h2-10H,1H3,(H,18,19). The third-order valence-electron chi connectivity index (χ3n) is 3.47. The van der Waals surface area contributed by atoms with Crippen molar-refractivity contribution in [2.45, 2.75) is 0 Å². The van der Waals surface area contributed by atoms with E-state index in [1.54, 1.807) is 24.6 Å². The van der Waals surface area contributed by atoms with Gasteiger partial charge in [-0.1, -0.05) is 18.2 Å². The Bertz CT molecular complexity index is 950. The highest BCUT2D eigenvalue weighted by Crippen LogP contribution is 2.29. The summed E-state index contributed by atoms with van der Waals surface area (Å²) in [5.41, 5.74) is 3.18. The highest BCUT2D eigenvalue weighted by molar-refractivity contribution is 7.08. The smallest absolute Gasteiger partial charge is 0.270 e. The van der Waals surface area contributed by atoms with Gasteiger partial charge in [-0.2, -0.15) is 11.3 Å². The summed E-state index contributed by atoms with van der Waals surface area (Å²) < 4.78 is 5.81. The van der Waals surface area contributed by atoms with Gasteiger partial charge in [0.25, 0.3) is 5.89 Å². The molecule has 1 aromatic carbocycles. The summed E-state index contributed by atoms with van der Waals surface area (Å²) in [7, 11) is 1.78. The SMILES string of the molecule is CNc1ncc(-c2ccsc2)nc1-c1nnc(-c2ccccc2)o1. The minimum atomic E-state index is 0.336. The number of benzene rings is 1. The number of hydrogen-bond donors (Lipinski definition) is 1. The lowest BCUT2D eigenvalue weighted by molar-refractivity contribution is 0.582. The lowest BCUT2D eigenvalue weighted by Crippen LogP contribution is -1.99. The van der Waals surface area contributed by atoms with Crippen LogP contribution in [0.5, 0.6) is 0 Å². The van der Waals surface area contributed by atoms with Crippen LogP contribution in [0.4, 0.5) is 5.82 Å². The second-order valence-corrected chi connectivity index (χ2v) is 5.77. The quantitative estimate of drug-likeness (QED) is 0.608. The van der Waals surface area contributed by atoms with Gasteiger partial charge in [0.05, 0.1) is 11.9 Å². The van der Waals surface area contributed by atoms with Gasteiger partial charge in [-0.25, -0.2) is 9.97 Å². The summed E-state index contributed by atoms with van der Waals surface area (Å²) in [5.74, 6) is 1.38. The molecular formula is C17H13N5OS. The molecule has 24 heavy (non-hydrogen) atoms. The minimum Gasteiger partial charge on any atom is -0.414 e. The third-order valence-corrected chi connectivity index (χ3v) is 4.16. The zero-order valence-corrected chi connectivity index (χ0v) is 13.6. The molecule has 0 aliphatic heterocycles. The number of nitrogens with zero attached hydrogens (tertiary/aromatic N) is 4. The van der Waals surface area contributed by atoms with E-state index >= 15 is 0 Å². The summed E-state index contributed by atoms with van der Waals surface area (Å²) in [4.78, 5) is 9.06. The molecule has 0 unspecified atom stereocenters. The van der Waals surface area contributed by atoms with Crippen molar-refractivity contribution in [2.24, 2.45) is 0 Å². The third kappa shape index (κ3) is 2.65. The van der Waals surface area contributed by atoms with Crippen LogP contribution in [0.25, 0.3) is 34.3 Å². The number of hydrogen-bond acceptors (Lipinski definition) is 7. The molecule has 0 bridgehead atoms. The molecule has 0 atom stereocenters. The van der Waals surface area contributed by atoms with Gasteiger partial charge in [0.2, 0.25) is 5.89 Å². The van der Waals surface area contributed by atoms with E-state index in [4.69, 9.17) is 4.42 Å². The largest absolute Gasteiger partial charge is 0.414 e. The maximum Gasteiger partial charge on any atom is 0.270 e. The Hall–Kier alpha value is -3.06. The molecule has 0 saturated heterocycles. The van der Waals surface area contributed by atoms with Crippen molar-refractivity contribution >= 4 is 17.2 Å². The fraction of sp³-hybridized carbons (Fsp3) is 0.0588. The summed E-state index contributed by atoms with van der Waals surface area (Å²) >= 11 is 1.61. The average Bonchev–Trinajstić information content (AvgIpc) is 3.34. The molecule has 1 N–H and O–H groups in total. The Morgan fingerprint density at radius 2 is 1.83 bits per heavy atom. The Morgan fingerprint density at radius 1 is 1.00 bits per heavy atom. The van der Waals surface area contributed by atoms with Crippen LogP contribution in [0.2, 0.25) is 0 Å². The number of aromatic nitrogens is 4. The Kier molecular flexibility index (Phi) is 3.76. The van der Waals surface area contributed by atoms with Gasteiger partial charge >= 0.3 is 0 Å². The van der Waals surface area contributed by atoms with E-state index in [9.17, 15) is 0 Å². The number of anilines is 1. The summed E-state index contributed by atoms with van der Waals surface area (Å²) in [6.07, 6.45) is 1.73. The van der Waals surface area contributed by atoms with E-state index in [1.165, 1.54) is 0 Å². The summed E-state index contributed by atoms with van der Waals surface area (Å²) in [6, 6.07) is 11.6. The van der Waals surface area contributed by atoms with Gasteiger partial charge < -0.3 is 9.73 Å². The fourth-order valence-corrected chi connectivity index (χ4v) is 2.94. The van der Waals surface area contributed by atoms with E-state index in [0.29, 0.717) is 23.3 Å². The molecule has 0 fully saturated rings. The van der Waals surface area contributed by atoms with Crippen LogP contribution in [0.15, 0.2) is 57.8 Å². The maximum absolute atomic E-state index is 5.81. The zero-order valence-electron chi connectivity index (χ0n) is 12.8. The summed E-state index contributed by atoms with van der Waals surface area (Å²) in [6.45, 7) is 0. The molecule has 0 saturated carbocycles. The van der Waals surface area contributed by atoms with Crippen LogP contribution < -0.4 is 5.32 Å². The first-order valence-electron chi connectivity index (χ1n) is 7.32. The molecule has 0 aliphatic rings. The molecule has 3 aromatic heterocycles. The maximum atomic E-state index is 5.81. The van der Waals surface area contributed by atoms with Crippen LogP contribution in [-0.4, -0.2) is 27.2 Å². The molecule has 0 radical (unpaired) electrons. The molecule has 6 nitrogen and oxygen atoms in total. The Balaban J connectivity index is 1.78. The van der Waals surface area contributed by atoms with Crippen LogP contribution in [-0.2, 0) is 0 Å². The van der Waals surface area contributed by atoms with Crippen molar-refractivity contribution in [2.75, 3.05) is 12.4 Å². The van der Waals surface area contributed by atoms with E-state index in [1.807, 2.05) is 47.2 Å². The van der Waals surface area contributed by atoms with Crippen LogP contribution in [0, 0.1) is 0 Å². The van der Waals surface area contributed by atoms with Gasteiger partial charge in [0.15, 0.2) is 11.5 Å². The second-order valence-electron chi connectivity index (χ2n) is 4.99. The molecular weight excluding hydrogens is 322 g/mol. The average molecular weight is 335 g/mol. The van der Waals surface area contributed by atoms with Crippen LogP contribution in [0.1, 0.15) is 0 Å². The van der Waals surface area contributed by atoms with Crippen LogP contribution in [0.3, 0.4) is 0 Å². The normalized spacial score (nSPS) is 10.7. The van der Waals surface area contributed by atoms with Gasteiger partial charge in [-0.05, 0) is 23.6 Å². The molecule has 0 aliphatic carbocycles. The van der Waals surface area contributed by atoms with Gasteiger partial charge in [-0.3, -0.25) is 0 Å². The second kappa shape index (κ2) is 6.21. The van der Waals surface area contributed by atoms with Crippen molar-refractivity contribution in [3.63, 3.8) is 0 Å². The molecule has 3 heterocycles. The van der Waals surface area contributed by atoms with Crippen molar-refractivity contribution in [1.29, 1.82) is 0 Å². The highest BCUT2D eigenvalue weighted by Gasteiger charge is 2.17. The van der Waals surface area contributed by atoms with Crippen molar-refractivity contribution in [3.05, 3.63) is 53.4 Å². The zero-order chi connectivity index (χ0) is 16.4. The monoisotopic (exact) mass is 335 g/mol. The topological polar surface area (TPSA) is 76.7 Å². The first kappa shape index (κ1) is 14.5. The van der Waals surface area contributed by atoms with E-state index in [0.717, 1.165) is 16.8 Å². The summed E-state index contributed by atoms with van der Waals surface area (Å²) in [5, 5.41) is 15.3.